The average Bonchev–Trinajstić information content (AvgIpc) is 2.59. The van der Waals surface area contributed by atoms with E-state index in [1.807, 2.05) is 25.1 Å². The van der Waals surface area contributed by atoms with Gasteiger partial charge in [0.1, 0.15) is 0 Å². The van der Waals surface area contributed by atoms with Crippen LogP contribution in [0.25, 0.3) is 0 Å². The van der Waals surface area contributed by atoms with Crippen LogP contribution in [0.15, 0.2) is 18.2 Å². The Morgan fingerprint density at radius 1 is 1.04 bits per heavy atom. The van der Waals surface area contributed by atoms with E-state index in [9.17, 15) is 9.59 Å². The highest BCUT2D eigenvalue weighted by atomic mass is 16.5. The Kier molecular flexibility index (Phi) is 10.1. The van der Waals surface area contributed by atoms with Crippen LogP contribution in [0.5, 0.6) is 11.5 Å². The minimum Gasteiger partial charge on any atom is -0.490 e. The van der Waals surface area contributed by atoms with Crippen molar-refractivity contribution in [3.05, 3.63) is 23.8 Å². The maximum absolute atomic E-state index is 11.6. The molecule has 2 N–H and O–H groups in total. The summed E-state index contributed by atoms with van der Waals surface area (Å²) in [6.45, 7) is 5.60. The van der Waals surface area contributed by atoms with Crippen LogP contribution in [0.3, 0.4) is 0 Å². The van der Waals surface area contributed by atoms with Gasteiger partial charge in [-0.1, -0.05) is 32.3 Å². The highest BCUT2D eigenvalue weighted by molar-refractivity contribution is 5.80. The Hall–Kier alpha value is -2.24. The van der Waals surface area contributed by atoms with Gasteiger partial charge in [0.2, 0.25) is 5.91 Å². The van der Waals surface area contributed by atoms with Crippen LogP contribution in [0, 0.1) is 0 Å². The van der Waals surface area contributed by atoms with E-state index in [2.05, 4.69) is 12.2 Å². The second-order valence-electron chi connectivity index (χ2n) is 5.79. The predicted molar refractivity (Wildman–Crippen MR) is 96.0 cm³/mol. The summed E-state index contributed by atoms with van der Waals surface area (Å²) in [6.07, 6.45) is 4.38. The Morgan fingerprint density at radius 3 is 2.52 bits per heavy atom. The number of carbonyl (C=O) groups excluding carboxylic acids is 1. The van der Waals surface area contributed by atoms with Crippen molar-refractivity contribution in [2.24, 2.45) is 0 Å². The van der Waals surface area contributed by atoms with Gasteiger partial charge in [0.05, 0.1) is 19.6 Å². The minimum atomic E-state index is -0.978. The highest BCUT2D eigenvalue weighted by Crippen LogP contribution is 2.28. The molecule has 0 unspecified atom stereocenters. The van der Waals surface area contributed by atoms with Gasteiger partial charge in [-0.3, -0.25) is 9.59 Å². The van der Waals surface area contributed by atoms with Crippen molar-refractivity contribution in [3.63, 3.8) is 0 Å². The average molecular weight is 351 g/mol. The number of nitrogens with one attached hydrogen (secondary N) is 1. The van der Waals surface area contributed by atoms with Gasteiger partial charge in [-0.25, -0.2) is 0 Å². The number of benzene rings is 1. The van der Waals surface area contributed by atoms with Crippen molar-refractivity contribution in [1.29, 1.82) is 0 Å². The smallest absolute Gasteiger partial charge is 0.303 e. The van der Waals surface area contributed by atoms with Gasteiger partial charge in [0.25, 0.3) is 0 Å². The number of carbonyl (C=O) groups is 2. The van der Waals surface area contributed by atoms with Crippen LogP contribution in [0.2, 0.25) is 0 Å². The molecule has 6 heteroatoms. The second-order valence-corrected chi connectivity index (χ2v) is 5.79. The number of aliphatic carboxylic acids is 1. The van der Waals surface area contributed by atoms with Crippen molar-refractivity contribution in [2.75, 3.05) is 13.2 Å². The van der Waals surface area contributed by atoms with Gasteiger partial charge in [-0.2, -0.15) is 0 Å². The Balaban J connectivity index is 2.54. The van der Waals surface area contributed by atoms with E-state index in [4.69, 9.17) is 14.6 Å². The fourth-order valence-electron chi connectivity index (χ4n) is 2.27. The molecular weight excluding hydrogens is 322 g/mol. The Bertz CT molecular complexity index is 545. The van der Waals surface area contributed by atoms with E-state index in [0.717, 1.165) is 18.4 Å². The van der Waals surface area contributed by atoms with Crippen LogP contribution in [-0.4, -0.2) is 30.2 Å². The van der Waals surface area contributed by atoms with Gasteiger partial charge in [0, 0.05) is 13.0 Å². The normalized spacial score (nSPS) is 10.3. The summed E-state index contributed by atoms with van der Waals surface area (Å²) in [5.41, 5.74) is 0.880. The van der Waals surface area contributed by atoms with Crippen LogP contribution in [0.1, 0.15) is 57.9 Å². The lowest BCUT2D eigenvalue weighted by molar-refractivity contribution is -0.138. The molecule has 0 atom stereocenters. The maximum atomic E-state index is 11.6. The van der Waals surface area contributed by atoms with Gasteiger partial charge in [0.15, 0.2) is 11.5 Å². The summed E-state index contributed by atoms with van der Waals surface area (Å²) in [5, 5.41) is 11.3. The summed E-state index contributed by atoms with van der Waals surface area (Å²) in [6, 6.07) is 5.58. The predicted octanol–water partition coefficient (Wildman–Crippen LogP) is 3.53. The van der Waals surface area contributed by atoms with E-state index in [1.165, 1.54) is 12.8 Å². The molecule has 1 amide bonds. The molecule has 0 aliphatic carbocycles. The second kappa shape index (κ2) is 12.2. The molecule has 1 rings (SSSR count). The summed E-state index contributed by atoms with van der Waals surface area (Å²) in [4.78, 5) is 22.1. The third-order valence-electron chi connectivity index (χ3n) is 3.62. The third kappa shape index (κ3) is 8.98. The van der Waals surface area contributed by atoms with Crippen LogP contribution in [0.4, 0.5) is 0 Å². The molecule has 0 saturated heterocycles. The Labute approximate surface area is 149 Å². The van der Waals surface area contributed by atoms with Crippen LogP contribution in [-0.2, 0) is 16.1 Å². The third-order valence-corrected chi connectivity index (χ3v) is 3.62. The van der Waals surface area contributed by atoms with Crippen LogP contribution >= 0.6 is 0 Å². The first-order chi connectivity index (χ1) is 12.1. The number of ether oxygens (including phenoxy) is 2. The van der Waals surface area contributed by atoms with Gasteiger partial charge in [-0.05, 0) is 31.0 Å². The molecule has 0 bridgehead atoms. The van der Waals surface area contributed by atoms with Crippen molar-refractivity contribution < 1.29 is 24.2 Å². The lowest BCUT2D eigenvalue weighted by atomic mass is 10.2. The number of unbranched alkanes of at least 4 members (excludes halogenated alkanes) is 3. The molecule has 0 radical (unpaired) electrons. The van der Waals surface area contributed by atoms with Crippen molar-refractivity contribution in [2.45, 2.75) is 58.9 Å². The first-order valence-corrected chi connectivity index (χ1v) is 8.93. The first-order valence-electron chi connectivity index (χ1n) is 8.93. The fourth-order valence-corrected chi connectivity index (χ4v) is 2.27. The van der Waals surface area contributed by atoms with Crippen molar-refractivity contribution in [1.82, 2.24) is 5.32 Å². The van der Waals surface area contributed by atoms with Gasteiger partial charge >= 0.3 is 5.97 Å². The fraction of sp³-hybridized carbons (Fsp3) is 0.579. The summed E-state index contributed by atoms with van der Waals surface area (Å²) in [7, 11) is 0. The number of carboxylic acid groups (broad SMARTS) is 1. The zero-order valence-corrected chi connectivity index (χ0v) is 15.2. The monoisotopic (exact) mass is 351 g/mol. The number of rotatable bonds is 13. The molecule has 140 valence electrons. The number of amides is 1. The molecule has 0 aliphatic heterocycles. The number of carboxylic acids is 1. The number of hydrogen-bond acceptors (Lipinski definition) is 4. The van der Waals surface area contributed by atoms with Gasteiger partial charge in [-0.15, -0.1) is 0 Å². The molecule has 1 aromatic carbocycles. The van der Waals surface area contributed by atoms with Crippen molar-refractivity contribution >= 4 is 11.9 Å². The zero-order chi connectivity index (χ0) is 18.5. The molecule has 6 nitrogen and oxygen atoms in total. The molecule has 0 aromatic heterocycles. The zero-order valence-electron chi connectivity index (χ0n) is 15.2. The summed E-state index contributed by atoms with van der Waals surface area (Å²) in [5.74, 6) is 0.111. The lowest BCUT2D eigenvalue weighted by Gasteiger charge is -2.14. The molecule has 0 heterocycles. The Morgan fingerprint density at radius 2 is 1.84 bits per heavy atom. The topological polar surface area (TPSA) is 84.9 Å². The van der Waals surface area contributed by atoms with E-state index in [0.29, 0.717) is 31.3 Å². The van der Waals surface area contributed by atoms with E-state index < -0.39 is 5.97 Å². The molecule has 0 fully saturated rings. The van der Waals surface area contributed by atoms with E-state index in [1.54, 1.807) is 0 Å². The number of hydrogen-bond donors (Lipinski definition) is 2. The summed E-state index contributed by atoms with van der Waals surface area (Å²) >= 11 is 0. The maximum Gasteiger partial charge on any atom is 0.303 e. The first kappa shape index (κ1) is 20.8. The molecule has 0 saturated carbocycles. The molecular formula is C19H29NO5. The van der Waals surface area contributed by atoms with E-state index >= 15 is 0 Å². The van der Waals surface area contributed by atoms with Crippen LogP contribution < -0.4 is 14.8 Å². The van der Waals surface area contributed by atoms with E-state index in [-0.39, 0.29) is 18.7 Å². The van der Waals surface area contributed by atoms with Crippen molar-refractivity contribution in [3.8, 4) is 11.5 Å². The summed E-state index contributed by atoms with van der Waals surface area (Å²) < 4.78 is 11.4. The highest BCUT2D eigenvalue weighted by Gasteiger charge is 2.09. The quantitative estimate of drug-likeness (QED) is 0.531. The standard InChI is InChI=1S/C19H29NO5/c1-3-5-6-7-12-25-16-9-8-15(13-17(16)24-4-2)14-20-18(21)10-11-19(22)23/h8-9,13H,3-7,10-12,14H2,1-2H3,(H,20,21)(H,22,23). The minimum absolute atomic E-state index is 0.0212. The SMILES string of the molecule is CCCCCCOc1ccc(CNC(=O)CCC(=O)O)cc1OCC. The molecule has 25 heavy (non-hydrogen) atoms. The lowest BCUT2D eigenvalue weighted by Crippen LogP contribution is -2.23. The molecule has 0 aliphatic rings. The largest absolute Gasteiger partial charge is 0.490 e. The molecule has 1 aromatic rings. The molecule has 0 spiro atoms. The van der Waals surface area contributed by atoms with Gasteiger partial charge < -0.3 is 19.9 Å².